The van der Waals surface area contributed by atoms with E-state index in [-0.39, 0.29) is 29.6 Å². The van der Waals surface area contributed by atoms with Gasteiger partial charge in [0.25, 0.3) is 0 Å². The summed E-state index contributed by atoms with van der Waals surface area (Å²) in [6.45, 7) is 5.23. The monoisotopic (exact) mass is 419 g/mol. The van der Waals surface area contributed by atoms with Crippen LogP contribution in [0.15, 0.2) is 0 Å². The minimum atomic E-state index is -0.937. The fourth-order valence-electron chi connectivity index (χ4n) is 3.85. The number of carboxylic acids is 1. The molecule has 0 bridgehead atoms. The van der Waals surface area contributed by atoms with Crippen LogP contribution in [0, 0.1) is 0 Å². The van der Waals surface area contributed by atoms with Crippen LogP contribution in [0.2, 0.25) is 0 Å². The van der Waals surface area contributed by atoms with Crippen molar-refractivity contribution in [3.05, 3.63) is 0 Å². The Hall–Kier alpha value is 0.430. The molecule has 0 rings (SSSR count). The van der Waals surface area contributed by atoms with E-state index in [0.717, 1.165) is 32.2 Å². The zero-order chi connectivity index (χ0) is 20.7. The maximum Gasteiger partial charge on any atom is 1.00 e. The number of rotatable bonds is 23. The molecule has 0 aromatic carbocycles. The molecule has 0 heterocycles. The summed E-state index contributed by atoms with van der Waals surface area (Å²) in [6, 6.07) is -0.456. The van der Waals surface area contributed by atoms with Gasteiger partial charge >= 0.3 is 29.6 Å². The quantitative estimate of drug-likeness (QED) is 0.204. The fraction of sp³-hybridized carbons (Fsp3) is 0.960. The molecule has 0 aliphatic rings. The molecule has 3 nitrogen and oxygen atoms in total. The van der Waals surface area contributed by atoms with E-state index in [1.807, 2.05) is 0 Å². The summed E-state index contributed by atoms with van der Waals surface area (Å²) < 4.78 is 0. The zero-order valence-corrected chi connectivity index (χ0v) is 22.2. The van der Waals surface area contributed by atoms with Crippen molar-refractivity contribution in [2.45, 2.75) is 148 Å². The van der Waals surface area contributed by atoms with Crippen molar-refractivity contribution in [1.29, 1.82) is 0 Å². The normalized spacial score (nSPS) is 11.9. The van der Waals surface area contributed by atoms with Gasteiger partial charge in [-0.05, 0) is 19.4 Å². The molecule has 0 aromatic heterocycles. The number of hydrogen-bond acceptors (Lipinski definition) is 3. The van der Waals surface area contributed by atoms with Crippen molar-refractivity contribution in [3.8, 4) is 0 Å². The Bertz CT molecular complexity index is 326. The molecule has 1 atom stereocenters. The molecule has 0 amide bonds. The van der Waals surface area contributed by atoms with Crippen LogP contribution in [0.25, 0.3) is 0 Å². The fourth-order valence-corrected chi connectivity index (χ4v) is 3.85. The van der Waals surface area contributed by atoms with Crippen molar-refractivity contribution >= 4 is 5.97 Å². The molecule has 0 fully saturated rings. The maximum absolute atomic E-state index is 11.1. The minimum Gasteiger partial charge on any atom is -0.548 e. The third-order valence-electron chi connectivity index (χ3n) is 5.80. The third-order valence-corrected chi connectivity index (χ3v) is 5.80. The molecule has 0 saturated carbocycles. The number of carbonyl (C=O) groups is 1. The predicted octanol–water partition coefficient (Wildman–Crippen LogP) is 3.54. The van der Waals surface area contributed by atoms with Crippen molar-refractivity contribution in [2.24, 2.45) is 0 Å². The maximum atomic E-state index is 11.1. The minimum absolute atomic E-state index is 0. The molecule has 0 aromatic rings. The summed E-state index contributed by atoms with van der Waals surface area (Å²) in [4.78, 5) is 11.1. The number of hydrogen-bond donors (Lipinski definition) is 1. The van der Waals surface area contributed by atoms with Crippen LogP contribution < -0.4 is 40.0 Å². The van der Waals surface area contributed by atoms with Gasteiger partial charge in [-0.15, -0.1) is 0 Å². The Labute approximate surface area is 204 Å². The number of unbranched alkanes of at least 4 members (excludes halogenated alkanes) is 17. The van der Waals surface area contributed by atoms with Gasteiger partial charge in [-0.3, -0.25) is 0 Å². The molecule has 0 aliphatic heterocycles. The van der Waals surface area contributed by atoms with E-state index in [2.05, 4.69) is 19.2 Å². The van der Waals surface area contributed by atoms with Gasteiger partial charge < -0.3 is 15.2 Å². The van der Waals surface area contributed by atoms with Gasteiger partial charge in [0, 0.05) is 6.04 Å². The number of carboxylic acid groups (broad SMARTS) is 1. The standard InChI is InChI=1S/C25H51NO2.Na/c1-3-5-7-8-9-10-11-12-13-14-15-16-17-18-19-21-23-26-24(25(27)28)22-20-6-4-2;/h24,26H,3-23H2,1-2H3,(H,27,28);/q;+1/p-1. The van der Waals surface area contributed by atoms with Gasteiger partial charge in [-0.1, -0.05) is 129 Å². The van der Waals surface area contributed by atoms with Crippen LogP contribution in [-0.4, -0.2) is 18.6 Å². The van der Waals surface area contributed by atoms with E-state index in [9.17, 15) is 9.90 Å². The van der Waals surface area contributed by atoms with E-state index in [1.165, 1.54) is 96.3 Å². The second-order valence-electron chi connectivity index (χ2n) is 8.62. The third kappa shape index (κ3) is 24.6. The van der Waals surface area contributed by atoms with Crippen LogP contribution >= 0.6 is 0 Å². The first kappa shape index (κ1) is 31.6. The molecule has 0 radical (unpaired) electrons. The van der Waals surface area contributed by atoms with Crippen LogP contribution in [0.3, 0.4) is 0 Å². The molecular formula is C25H50NNaO2. The second kappa shape index (κ2) is 26.5. The zero-order valence-electron chi connectivity index (χ0n) is 20.2. The van der Waals surface area contributed by atoms with E-state index in [1.54, 1.807) is 0 Å². The first-order chi connectivity index (χ1) is 13.7. The topological polar surface area (TPSA) is 52.2 Å². The molecule has 0 saturated heterocycles. The summed E-state index contributed by atoms with van der Waals surface area (Å²) in [7, 11) is 0. The van der Waals surface area contributed by atoms with Gasteiger partial charge in [-0.25, -0.2) is 0 Å². The molecule has 4 heteroatoms. The van der Waals surface area contributed by atoms with Gasteiger partial charge in [0.1, 0.15) is 0 Å². The molecule has 1 N–H and O–H groups in total. The summed E-state index contributed by atoms with van der Waals surface area (Å²) in [6.07, 6.45) is 25.8. The van der Waals surface area contributed by atoms with Crippen molar-refractivity contribution < 1.29 is 39.5 Å². The Morgan fingerprint density at radius 1 is 0.621 bits per heavy atom. The predicted molar refractivity (Wildman–Crippen MR) is 120 cm³/mol. The average Bonchev–Trinajstić information content (AvgIpc) is 2.68. The molecule has 29 heavy (non-hydrogen) atoms. The largest absolute Gasteiger partial charge is 1.00 e. The van der Waals surface area contributed by atoms with Crippen LogP contribution in [0.1, 0.15) is 142 Å². The molecular weight excluding hydrogens is 369 g/mol. The smallest absolute Gasteiger partial charge is 0.548 e. The summed E-state index contributed by atoms with van der Waals surface area (Å²) in [5, 5.41) is 14.3. The molecule has 1 unspecified atom stereocenters. The Kier molecular flexibility index (Phi) is 28.9. The second-order valence-corrected chi connectivity index (χ2v) is 8.62. The Balaban J connectivity index is 0. The van der Waals surface area contributed by atoms with Crippen LogP contribution in [0.4, 0.5) is 0 Å². The Morgan fingerprint density at radius 3 is 1.34 bits per heavy atom. The Morgan fingerprint density at radius 2 is 0.966 bits per heavy atom. The molecule has 0 spiro atoms. The van der Waals surface area contributed by atoms with Crippen LogP contribution in [-0.2, 0) is 4.79 Å². The van der Waals surface area contributed by atoms with Crippen molar-refractivity contribution in [3.63, 3.8) is 0 Å². The van der Waals surface area contributed by atoms with Crippen molar-refractivity contribution in [1.82, 2.24) is 5.32 Å². The number of nitrogens with one attached hydrogen (secondary N) is 1. The molecule has 168 valence electrons. The SMILES string of the molecule is CCCCCCCCCCCCCCCCCCNC(CCCCC)C(=O)[O-].[Na+]. The first-order valence-corrected chi connectivity index (χ1v) is 12.7. The summed E-state index contributed by atoms with van der Waals surface area (Å²) >= 11 is 0. The number of carbonyl (C=O) groups excluding carboxylic acids is 1. The van der Waals surface area contributed by atoms with E-state index in [0.29, 0.717) is 6.42 Å². The van der Waals surface area contributed by atoms with Gasteiger partial charge in [0.2, 0.25) is 0 Å². The first-order valence-electron chi connectivity index (χ1n) is 12.7. The summed E-state index contributed by atoms with van der Waals surface area (Å²) in [5.74, 6) is -0.937. The van der Waals surface area contributed by atoms with Gasteiger partial charge in [0.15, 0.2) is 0 Å². The van der Waals surface area contributed by atoms with Crippen LogP contribution in [0.5, 0.6) is 0 Å². The van der Waals surface area contributed by atoms with Gasteiger partial charge in [0.05, 0.1) is 5.97 Å². The van der Waals surface area contributed by atoms with Crippen molar-refractivity contribution in [2.75, 3.05) is 6.54 Å². The van der Waals surface area contributed by atoms with E-state index >= 15 is 0 Å². The van der Waals surface area contributed by atoms with E-state index in [4.69, 9.17) is 0 Å². The average molecular weight is 420 g/mol. The molecule has 0 aliphatic carbocycles. The summed E-state index contributed by atoms with van der Waals surface area (Å²) in [5.41, 5.74) is 0. The van der Waals surface area contributed by atoms with Gasteiger partial charge in [-0.2, -0.15) is 0 Å². The number of aliphatic carboxylic acids is 1. The van der Waals surface area contributed by atoms with E-state index < -0.39 is 12.0 Å².